The fourth-order valence-corrected chi connectivity index (χ4v) is 4.77. The van der Waals surface area contributed by atoms with Crippen LogP contribution in [0.1, 0.15) is 124 Å². The molecule has 238 valence electrons. The summed E-state index contributed by atoms with van der Waals surface area (Å²) in [5.41, 5.74) is 5.95. The number of rotatable bonds is 24. The Kier molecular flexibility index (Phi) is 17.2. The van der Waals surface area contributed by atoms with Crippen molar-refractivity contribution in [1.29, 1.82) is 0 Å². The van der Waals surface area contributed by atoms with Gasteiger partial charge in [-0.25, -0.2) is 15.0 Å². The van der Waals surface area contributed by atoms with Gasteiger partial charge in [-0.1, -0.05) is 97.8 Å². The number of fused-ring (bicyclic) bond motifs is 1. The van der Waals surface area contributed by atoms with Gasteiger partial charge in [0.15, 0.2) is 11.5 Å². The molecule has 0 aliphatic carbocycles. The van der Waals surface area contributed by atoms with Crippen molar-refractivity contribution in [3.05, 3.63) is 0 Å². The smallest absolute Gasteiger partial charge is 0.323 e. The second-order valence-corrected chi connectivity index (χ2v) is 11.7. The molecule has 2 aliphatic rings. The maximum atomic E-state index is 12.6. The second-order valence-electron chi connectivity index (χ2n) is 11.7. The molecular weight excluding hydrogens is 536 g/mol. The van der Waals surface area contributed by atoms with E-state index in [-0.39, 0.29) is 36.6 Å². The minimum atomic E-state index is -1.34. The van der Waals surface area contributed by atoms with Crippen molar-refractivity contribution in [1.82, 2.24) is 10.6 Å². The predicted molar refractivity (Wildman–Crippen MR) is 167 cm³/mol. The zero-order valence-corrected chi connectivity index (χ0v) is 26.1. The summed E-state index contributed by atoms with van der Waals surface area (Å²) in [5, 5.41) is 5.97. The van der Waals surface area contributed by atoms with E-state index >= 15 is 0 Å². The standard InChI is InChI=1S/C31H54N6O5/c1-4-5-6-7-8-9-10-11-12-13-14-15-16-19-25(38)42-22-31(36-28-27(29(39)37-31)33-23-34-28)35-20-17-18-21-41-30(40)26(32)24(2)3/h23-24,26,35H,4-22,32H2,1-3H3,(H,37,39)/t26-,31?/m0/s1. The Balaban J connectivity index is 1.66. The van der Waals surface area contributed by atoms with Crippen molar-refractivity contribution in [2.24, 2.45) is 26.6 Å². The van der Waals surface area contributed by atoms with E-state index in [2.05, 4.69) is 32.5 Å². The molecule has 0 bridgehead atoms. The molecule has 0 fully saturated rings. The van der Waals surface area contributed by atoms with Crippen LogP contribution in [0.25, 0.3) is 0 Å². The van der Waals surface area contributed by atoms with Crippen LogP contribution in [0.5, 0.6) is 0 Å². The number of amides is 1. The summed E-state index contributed by atoms with van der Waals surface area (Å²) < 4.78 is 10.8. The highest BCUT2D eigenvalue weighted by atomic mass is 16.5. The van der Waals surface area contributed by atoms with Crippen LogP contribution >= 0.6 is 0 Å². The van der Waals surface area contributed by atoms with Gasteiger partial charge < -0.3 is 20.5 Å². The van der Waals surface area contributed by atoms with Crippen molar-refractivity contribution in [2.45, 2.75) is 135 Å². The van der Waals surface area contributed by atoms with Crippen LogP contribution in [0, 0.1) is 5.92 Å². The lowest BCUT2D eigenvalue weighted by Crippen LogP contribution is -2.65. The van der Waals surface area contributed by atoms with Gasteiger partial charge in [0.2, 0.25) is 5.79 Å². The third-order valence-corrected chi connectivity index (χ3v) is 7.56. The number of esters is 2. The highest BCUT2D eigenvalue weighted by Crippen LogP contribution is 2.16. The zero-order valence-electron chi connectivity index (χ0n) is 26.1. The predicted octanol–water partition coefficient (Wildman–Crippen LogP) is 4.57. The average molecular weight is 591 g/mol. The lowest BCUT2D eigenvalue weighted by molar-refractivity contribution is -0.147. The first-order valence-electron chi connectivity index (χ1n) is 16.1. The molecule has 0 spiro atoms. The highest BCUT2D eigenvalue weighted by molar-refractivity contribution is 6.69. The minimum absolute atomic E-state index is 0.00646. The molecule has 11 nitrogen and oxygen atoms in total. The Morgan fingerprint density at radius 1 is 0.929 bits per heavy atom. The first-order chi connectivity index (χ1) is 20.3. The molecule has 2 heterocycles. The fourth-order valence-electron chi connectivity index (χ4n) is 4.77. The summed E-state index contributed by atoms with van der Waals surface area (Å²) in [5.74, 6) is -2.30. The maximum absolute atomic E-state index is 12.6. The van der Waals surface area contributed by atoms with Gasteiger partial charge in [-0.3, -0.25) is 19.7 Å². The molecule has 0 aromatic carbocycles. The Morgan fingerprint density at radius 3 is 2.17 bits per heavy atom. The Bertz CT molecular complexity index is 935. The molecule has 2 aliphatic heterocycles. The lowest BCUT2D eigenvalue weighted by atomic mass is 10.0. The quantitative estimate of drug-likeness (QED) is 0.110. The SMILES string of the molecule is CCCCCCCCCCCCCCCC(=O)OCC1(NCCCCOC(=O)[C@@H](N)C(C)C)N=C2N=CN=C2C(=O)N1. The fraction of sp³-hybridized carbons (Fsp3) is 0.806. The number of nitrogens with zero attached hydrogens (tertiary/aromatic N) is 3. The van der Waals surface area contributed by atoms with Gasteiger partial charge in [-0.15, -0.1) is 0 Å². The summed E-state index contributed by atoms with van der Waals surface area (Å²) in [6.45, 7) is 6.49. The van der Waals surface area contributed by atoms with Crippen molar-refractivity contribution >= 4 is 35.7 Å². The number of hydrogen-bond donors (Lipinski definition) is 3. The van der Waals surface area contributed by atoms with Crippen LogP contribution in [0.2, 0.25) is 0 Å². The van der Waals surface area contributed by atoms with E-state index in [0.717, 1.165) is 19.3 Å². The van der Waals surface area contributed by atoms with Gasteiger partial charge in [-0.05, 0) is 31.7 Å². The second kappa shape index (κ2) is 20.3. The van der Waals surface area contributed by atoms with Crippen molar-refractivity contribution < 1.29 is 23.9 Å². The van der Waals surface area contributed by atoms with E-state index in [1.165, 1.54) is 70.5 Å². The molecule has 0 aromatic heterocycles. The monoisotopic (exact) mass is 590 g/mol. The first kappa shape index (κ1) is 35.5. The molecule has 11 heteroatoms. The van der Waals surface area contributed by atoms with Crippen LogP contribution in [0.15, 0.2) is 15.0 Å². The molecule has 2 atom stereocenters. The molecule has 0 aromatic rings. The summed E-state index contributed by atoms with van der Waals surface area (Å²) in [6.07, 6.45) is 18.9. The Labute approximate surface area is 252 Å². The largest absolute Gasteiger partial charge is 0.465 e. The third kappa shape index (κ3) is 13.5. The van der Waals surface area contributed by atoms with E-state index in [0.29, 0.717) is 25.8 Å². The van der Waals surface area contributed by atoms with E-state index in [4.69, 9.17) is 15.2 Å². The molecule has 0 saturated carbocycles. The van der Waals surface area contributed by atoms with E-state index in [9.17, 15) is 14.4 Å². The first-order valence-corrected chi connectivity index (χ1v) is 16.1. The zero-order chi connectivity index (χ0) is 30.6. The number of hydrogen-bond acceptors (Lipinski definition) is 10. The Hall–Kier alpha value is -2.66. The van der Waals surface area contributed by atoms with E-state index in [1.807, 2.05) is 13.8 Å². The number of carbonyl (C=O) groups is 3. The topological polar surface area (TPSA) is 157 Å². The van der Waals surface area contributed by atoms with Gasteiger partial charge in [0.25, 0.3) is 5.91 Å². The maximum Gasteiger partial charge on any atom is 0.323 e. The highest BCUT2D eigenvalue weighted by Gasteiger charge is 2.41. The van der Waals surface area contributed by atoms with Gasteiger partial charge in [-0.2, -0.15) is 0 Å². The summed E-state index contributed by atoms with van der Waals surface area (Å²) in [4.78, 5) is 49.6. The molecule has 0 radical (unpaired) electrons. The van der Waals surface area contributed by atoms with E-state index < -0.39 is 23.7 Å². The Morgan fingerprint density at radius 2 is 1.55 bits per heavy atom. The van der Waals surface area contributed by atoms with Gasteiger partial charge in [0.05, 0.1) is 6.61 Å². The number of ether oxygens (including phenoxy) is 2. The third-order valence-electron chi connectivity index (χ3n) is 7.56. The van der Waals surface area contributed by atoms with Crippen molar-refractivity contribution in [3.8, 4) is 0 Å². The molecule has 1 amide bonds. The van der Waals surface area contributed by atoms with Crippen LogP contribution in [0.3, 0.4) is 0 Å². The summed E-state index contributed by atoms with van der Waals surface area (Å²) >= 11 is 0. The van der Waals surface area contributed by atoms with Crippen LogP contribution < -0.4 is 16.4 Å². The molecule has 2 rings (SSSR count). The van der Waals surface area contributed by atoms with Crippen molar-refractivity contribution in [2.75, 3.05) is 19.8 Å². The van der Waals surface area contributed by atoms with Crippen LogP contribution in [-0.4, -0.2) is 67.3 Å². The minimum Gasteiger partial charge on any atom is -0.465 e. The molecule has 1 unspecified atom stereocenters. The number of aliphatic imine (C=N–C) groups is 3. The summed E-state index contributed by atoms with van der Waals surface area (Å²) in [7, 11) is 0. The van der Waals surface area contributed by atoms with Crippen molar-refractivity contribution in [3.63, 3.8) is 0 Å². The molecule has 4 N–H and O–H groups in total. The van der Waals surface area contributed by atoms with E-state index in [1.54, 1.807) is 0 Å². The molecule has 0 saturated heterocycles. The van der Waals surface area contributed by atoms with Gasteiger partial charge >= 0.3 is 11.9 Å². The average Bonchev–Trinajstić information content (AvgIpc) is 3.44. The normalized spacial score (nSPS) is 18.4. The molecule has 42 heavy (non-hydrogen) atoms. The number of amidine groups is 1. The van der Waals surface area contributed by atoms with Gasteiger partial charge in [0.1, 0.15) is 19.0 Å². The lowest BCUT2D eigenvalue weighted by Gasteiger charge is -2.34. The summed E-state index contributed by atoms with van der Waals surface area (Å²) in [6, 6.07) is -0.642. The van der Waals surface area contributed by atoms with Crippen LogP contribution in [0.4, 0.5) is 0 Å². The number of carbonyl (C=O) groups excluding carboxylic acids is 3. The number of nitrogens with two attached hydrogens (primary N) is 1. The number of nitrogens with one attached hydrogen (secondary N) is 2. The number of unbranched alkanes of at least 4 members (excludes halogenated alkanes) is 13. The van der Waals surface area contributed by atoms with Gasteiger partial charge in [0, 0.05) is 6.42 Å². The molecular formula is C31H54N6O5. The van der Waals surface area contributed by atoms with Crippen LogP contribution in [-0.2, 0) is 23.9 Å².